The second-order valence-corrected chi connectivity index (χ2v) is 10.4. The largest absolute Gasteiger partial charge is 0.493 e. The molecule has 0 unspecified atom stereocenters. The number of nitrogens with zero attached hydrogens (tertiary/aromatic N) is 1. The Morgan fingerprint density at radius 2 is 1.71 bits per heavy atom. The van der Waals surface area contributed by atoms with E-state index >= 15 is 0 Å². The SMILES string of the molecule is CC.Cc1ccc(OCCc2csc(SC(C)(C)C(=O)OC(C)(C)C)n2)cc1. The van der Waals surface area contributed by atoms with Crippen LogP contribution in [0.4, 0.5) is 0 Å². The Hall–Kier alpha value is -1.53. The van der Waals surface area contributed by atoms with Crippen molar-refractivity contribution in [3.63, 3.8) is 0 Å². The summed E-state index contributed by atoms with van der Waals surface area (Å²) in [6.45, 7) is 16.0. The third-order valence-corrected chi connectivity index (χ3v) is 5.58. The molecule has 0 N–H and O–H groups in total. The number of carbonyl (C=O) groups is 1. The third kappa shape index (κ3) is 8.65. The molecule has 0 saturated carbocycles. The lowest BCUT2D eigenvalue weighted by Gasteiger charge is -2.27. The minimum atomic E-state index is -0.680. The molecular formula is C22H33NO3S2. The summed E-state index contributed by atoms with van der Waals surface area (Å²) in [6, 6.07) is 8.01. The van der Waals surface area contributed by atoms with E-state index in [2.05, 4.69) is 11.9 Å². The van der Waals surface area contributed by atoms with Gasteiger partial charge in [0.1, 0.15) is 16.1 Å². The quantitative estimate of drug-likeness (QED) is 0.386. The van der Waals surface area contributed by atoms with E-state index in [1.807, 2.05) is 78.1 Å². The molecule has 0 amide bonds. The third-order valence-electron chi connectivity index (χ3n) is 3.41. The van der Waals surface area contributed by atoms with Crippen LogP contribution in [-0.4, -0.2) is 27.9 Å². The maximum atomic E-state index is 12.4. The topological polar surface area (TPSA) is 48.4 Å². The van der Waals surface area contributed by atoms with Crippen LogP contribution < -0.4 is 4.74 Å². The zero-order valence-electron chi connectivity index (χ0n) is 18.3. The molecule has 28 heavy (non-hydrogen) atoms. The number of hydrogen-bond acceptors (Lipinski definition) is 6. The Labute approximate surface area is 178 Å². The fourth-order valence-corrected chi connectivity index (χ4v) is 4.28. The first-order valence-electron chi connectivity index (χ1n) is 9.61. The normalized spacial score (nSPS) is 11.4. The van der Waals surface area contributed by atoms with Gasteiger partial charge in [-0.1, -0.05) is 43.3 Å². The van der Waals surface area contributed by atoms with Crippen molar-refractivity contribution in [3.05, 3.63) is 40.9 Å². The van der Waals surface area contributed by atoms with Crippen LogP contribution in [0.2, 0.25) is 0 Å². The highest BCUT2D eigenvalue weighted by Crippen LogP contribution is 2.36. The number of carbonyl (C=O) groups excluding carboxylic acids is 1. The number of thioether (sulfide) groups is 1. The second kappa shape index (κ2) is 10.9. The van der Waals surface area contributed by atoms with Gasteiger partial charge in [0.25, 0.3) is 0 Å². The summed E-state index contributed by atoms with van der Waals surface area (Å²) in [5.74, 6) is 0.640. The van der Waals surface area contributed by atoms with Crippen LogP contribution in [0, 0.1) is 6.92 Å². The van der Waals surface area contributed by atoms with E-state index in [9.17, 15) is 4.79 Å². The summed E-state index contributed by atoms with van der Waals surface area (Å²) in [7, 11) is 0. The Morgan fingerprint density at radius 1 is 1.11 bits per heavy atom. The molecule has 0 aliphatic heterocycles. The van der Waals surface area contributed by atoms with Crippen LogP contribution in [0.5, 0.6) is 5.75 Å². The number of esters is 1. The minimum Gasteiger partial charge on any atom is -0.493 e. The van der Waals surface area contributed by atoms with Gasteiger partial charge in [-0.3, -0.25) is 4.79 Å². The molecule has 0 atom stereocenters. The first kappa shape index (κ1) is 24.5. The number of hydrogen-bond donors (Lipinski definition) is 0. The minimum absolute atomic E-state index is 0.227. The molecular weight excluding hydrogens is 390 g/mol. The van der Waals surface area contributed by atoms with Crippen LogP contribution in [0.25, 0.3) is 0 Å². The van der Waals surface area contributed by atoms with E-state index < -0.39 is 10.3 Å². The lowest BCUT2D eigenvalue weighted by atomic mass is 10.1. The highest BCUT2D eigenvalue weighted by Gasteiger charge is 2.34. The lowest BCUT2D eigenvalue weighted by molar-refractivity contribution is -0.156. The Bertz CT molecular complexity index is 731. The second-order valence-electron chi connectivity index (χ2n) is 7.63. The molecule has 0 fully saturated rings. The predicted molar refractivity (Wildman–Crippen MR) is 120 cm³/mol. The van der Waals surface area contributed by atoms with Gasteiger partial charge in [-0.05, 0) is 53.7 Å². The molecule has 1 aromatic carbocycles. The number of aromatic nitrogens is 1. The van der Waals surface area contributed by atoms with Crippen LogP contribution in [-0.2, 0) is 16.0 Å². The number of rotatable bonds is 7. The van der Waals surface area contributed by atoms with Crippen LogP contribution >= 0.6 is 23.1 Å². The fourth-order valence-electron chi connectivity index (χ4n) is 2.02. The van der Waals surface area contributed by atoms with E-state index in [0.717, 1.165) is 22.2 Å². The zero-order chi connectivity index (χ0) is 21.4. The monoisotopic (exact) mass is 423 g/mol. The number of ether oxygens (including phenoxy) is 2. The van der Waals surface area contributed by atoms with Gasteiger partial charge in [0.2, 0.25) is 0 Å². The predicted octanol–water partition coefficient (Wildman–Crippen LogP) is 6.31. The van der Waals surface area contributed by atoms with Gasteiger partial charge in [-0.25, -0.2) is 4.98 Å². The fraction of sp³-hybridized carbons (Fsp3) is 0.545. The van der Waals surface area contributed by atoms with Gasteiger partial charge < -0.3 is 9.47 Å². The molecule has 4 nitrogen and oxygen atoms in total. The van der Waals surface area contributed by atoms with E-state index in [4.69, 9.17) is 9.47 Å². The van der Waals surface area contributed by atoms with Crippen molar-refractivity contribution in [2.75, 3.05) is 6.61 Å². The lowest BCUT2D eigenvalue weighted by Crippen LogP contribution is -2.36. The Balaban J connectivity index is 0.00000190. The summed E-state index contributed by atoms with van der Waals surface area (Å²) in [5, 5.41) is 2.02. The molecule has 6 heteroatoms. The smallest absolute Gasteiger partial charge is 0.322 e. The molecule has 0 aliphatic rings. The molecule has 1 heterocycles. The summed E-state index contributed by atoms with van der Waals surface area (Å²) in [5.41, 5.74) is 1.70. The average molecular weight is 424 g/mol. The summed E-state index contributed by atoms with van der Waals surface area (Å²) in [4.78, 5) is 17.0. The molecule has 0 aliphatic carbocycles. The maximum Gasteiger partial charge on any atom is 0.322 e. The summed E-state index contributed by atoms with van der Waals surface area (Å²) < 4.78 is 11.4. The summed E-state index contributed by atoms with van der Waals surface area (Å²) in [6.07, 6.45) is 0.734. The van der Waals surface area contributed by atoms with E-state index in [0.29, 0.717) is 6.61 Å². The van der Waals surface area contributed by atoms with Crippen molar-refractivity contribution in [1.82, 2.24) is 4.98 Å². The van der Waals surface area contributed by atoms with E-state index in [1.54, 1.807) is 11.3 Å². The molecule has 0 radical (unpaired) electrons. The maximum absolute atomic E-state index is 12.4. The van der Waals surface area contributed by atoms with E-state index in [-0.39, 0.29) is 5.97 Å². The van der Waals surface area contributed by atoms with Gasteiger partial charge in [0.05, 0.1) is 12.3 Å². The molecule has 1 aromatic heterocycles. The molecule has 0 saturated heterocycles. The van der Waals surface area contributed by atoms with Crippen molar-refractivity contribution in [2.24, 2.45) is 0 Å². The molecule has 2 rings (SSSR count). The van der Waals surface area contributed by atoms with Crippen molar-refractivity contribution in [3.8, 4) is 5.75 Å². The van der Waals surface area contributed by atoms with Gasteiger partial charge >= 0.3 is 5.97 Å². The number of thiazole rings is 1. The van der Waals surface area contributed by atoms with Crippen LogP contribution in [0.15, 0.2) is 34.0 Å². The first-order valence-corrected chi connectivity index (χ1v) is 11.3. The van der Waals surface area contributed by atoms with Crippen molar-refractivity contribution in [1.29, 1.82) is 0 Å². The number of benzene rings is 1. The number of aryl methyl sites for hydroxylation is 1. The highest BCUT2D eigenvalue weighted by atomic mass is 32.2. The average Bonchev–Trinajstić information content (AvgIpc) is 3.03. The zero-order valence-corrected chi connectivity index (χ0v) is 19.9. The van der Waals surface area contributed by atoms with Gasteiger partial charge in [-0.15, -0.1) is 11.3 Å². The Morgan fingerprint density at radius 3 is 2.29 bits per heavy atom. The van der Waals surface area contributed by atoms with Gasteiger partial charge in [0.15, 0.2) is 4.34 Å². The first-order chi connectivity index (χ1) is 13.0. The molecule has 2 aromatic rings. The Kier molecular flexibility index (Phi) is 9.51. The van der Waals surface area contributed by atoms with E-state index in [1.165, 1.54) is 17.3 Å². The molecule has 0 bridgehead atoms. The molecule has 156 valence electrons. The van der Waals surface area contributed by atoms with Crippen LogP contribution in [0.3, 0.4) is 0 Å². The van der Waals surface area contributed by atoms with Crippen molar-refractivity contribution in [2.45, 2.75) is 76.5 Å². The standard InChI is InChI=1S/C20H27NO3S2.C2H6/c1-14-7-9-16(10-8-14)23-12-11-15-13-25-18(21-15)26-20(5,6)17(22)24-19(2,3)4;1-2/h7-10,13H,11-12H2,1-6H3;1-2H3. The summed E-state index contributed by atoms with van der Waals surface area (Å²) >= 11 is 2.99. The van der Waals surface area contributed by atoms with Crippen LogP contribution in [0.1, 0.15) is 59.7 Å². The highest BCUT2D eigenvalue weighted by molar-refractivity contribution is 8.03. The van der Waals surface area contributed by atoms with Gasteiger partial charge in [0, 0.05) is 11.8 Å². The van der Waals surface area contributed by atoms with Crippen molar-refractivity contribution >= 4 is 29.1 Å². The van der Waals surface area contributed by atoms with Crippen molar-refractivity contribution < 1.29 is 14.3 Å². The van der Waals surface area contributed by atoms with Gasteiger partial charge in [-0.2, -0.15) is 0 Å². The molecule has 0 spiro atoms.